The van der Waals surface area contributed by atoms with E-state index in [1.54, 1.807) is 6.92 Å². The summed E-state index contributed by atoms with van der Waals surface area (Å²) in [4.78, 5) is 42.9. The van der Waals surface area contributed by atoms with E-state index in [0.29, 0.717) is 12.7 Å². The summed E-state index contributed by atoms with van der Waals surface area (Å²) in [6.45, 7) is 1.70. The maximum Gasteiger partial charge on any atom is 0.156 e. The van der Waals surface area contributed by atoms with Crippen LogP contribution in [0.3, 0.4) is 0 Å². The van der Waals surface area contributed by atoms with E-state index in [9.17, 15) is 19.2 Å². The minimum absolute atomic E-state index is 0.0494. The van der Waals surface area contributed by atoms with Crippen LogP contribution in [0.4, 0.5) is 0 Å². The fraction of sp³-hybridized carbons (Fsp3) is 0.333. The van der Waals surface area contributed by atoms with E-state index in [-0.39, 0.29) is 30.2 Å². The molecule has 0 aromatic carbocycles. The highest BCUT2D eigenvalue weighted by molar-refractivity contribution is 6.01. The van der Waals surface area contributed by atoms with E-state index in [1.165, 1.54) is 12.2 Å². The minimum Gasteiger partial charge on any atom is -0.299 e. The number of carbonyl (C=O) groups is 4. The Hall–Kier alpha value is -1.84. The summed E-state index contributed by atoms with van der Waals surface area (Å²) in [5.74, 6) is -0.675. The van der Waals surface area contributed by atoms with Gasteiger partial charge in [0, 0.05) is 19.3 Å². The van der Waals surface area contributed by atoms with Gasteiger partial charge in [-0.15, -0.1) is 0 Å². The third-order valence-corrected chi connectivity index (χ3v) is 1.78. The zero-order valence-electron chi connectivity index (χ0n) is 9.14. The van der Waals surface area contributed by atoms with Gasteiger partial charge in [0.05, 0.1) is 0 Å². The molecule has 0 N–H and O–H groups in total. The lowest BCUT2D eigenvalue weighted by Crippen LogP contribution is -2.00. The van der Waals surface area contributed by atoms with Crippen molar-refractivity contribution in [2.24, 2.45) is 0 Å². The van der Waals surface area contributed by atoms with Gasteiger partial charge in [-0.1, -0.05) is 6.92 Å². The van der Waals surface area contributed by atoms with E-state index in [1.807, 2.05) is 0 Å². The van der Waals surface area contributed by atoms with Crippen molar-refractivity contribution in [2.45, 2.75) is 26.2 Å². The molecule has 4 nitrogen and oxygen atoms in total. The molecule has 0 saturated carbocycles. The highest BCUT2D eigenvalue weighted by atomic mass is 16.1. The minimum atomic E-state index is -0.282. The van der Waals surface area contributed by atoms with Crippen LogP contribution in [0.5, 0.6) is 0 Å². The van der Waals surface area contributed by atoms with Crippen molar-refractivity contribution >= 4 is 23.6 Å². The molecule has 0 bridgehead atoms. The van der Waals surface area contributed by atoms with Crippen LogP contribution >= 0.6 is 0 Å². The first-order chi connectivity index (χ1) is 7.60. The molecule has 0 spiro atoms. The van der Waals surface area contributed by atoms with Gasteiger partial charge in [-0.25, -0.2) is 0 Å². The molecule has 0 atom stereocenters. The lowest BCUT2D eigenvalue weighted by atomic mass is 10.1. The van der Waals surface area contributed by atoms with Crippen LogP contribution in [0.15, 0.2) is 24.3 Å². The van der Waals surface area contributed by atoms with Crippen molar-refractivity contribution in [3.8, 4) is 0 Å². The second-order valence-corrected chi connectivity index (χ2v) is 3.08. The first-order valence-electron chi connectivity index (χ1n) is 4.98. The standard InChI is InChI=1S/C12H14O4/c1-2-10(14)5-6-12(16)8-7-11(15)4-3-9-13/h3-6,9H,2,7-8H2,1H3. The molecule has 0 rings (SSSR count). The van der Waals surface area contributed by atoms with Crippen LogP contribution in [0.25, 0.3) is 0 Å². The van der Waals surface area contributed by atoms with Gasteiger partial charge in [0.2, 0.25) is 0 Å². The average Bonchev–Trinajstić information content (AvgIpc) is 2.30. The maximum absolute atomic E-state index is 11.2. The van der Waals surface area contributed by atoms with Crippen LogP contribution in [0, 0.1) is 0 Å². The monoisotopic (exact) mass is 222 g/mol. The van der Waals surface area contributed by atoms with Gasteiger partial charge in [0.15, 0.2) is 17.3 Å². The SMILES string of the molecule is CCC(=O)C=CC(=O)CCC(=O)C=CC=O. The molecule has 0 saturated heterocycles. The lowest BCUT2D eigenvalue weighted by Gasteiger charge is -1.92. The van der Waals surface area contributed by atoms with Gasteiger partial charge in [0.1, 0.15) is 6.29 Å². The Kier molecular flexibility index (Phi) is 7.49. The predicted octanol–water partition coefficient (Wildman–Crippen LogP) is 1.20. The molecule has 0 unspecified atom stereocenters. The molecule has 0 fully saturated rings. The van der Waals surface area contributed by atoms with Crippen molar-refractivity contribution in [1.82, 2.24) is 0 Å². The van der Waals surface area contributed by atoms with Crippen molar-refractivity contribution < 1.29 is 19.2 Å². The molecule has 4 heteroatoms. The van der Waals surface area contributed by atoms with E-state index in [2.05, 4.69) is 0 Å². The molecule has 0 aliphatic rings. The molecule has 0 aliphatic carbocycles. The number of allylic oxidation sites excluding steroid dienone is 4. The van der Waals surface area contributed by atoms with E-state index in [0.717, 1.165) is 12.2 Å². The third kappa shape index (κ3) is 7.55. The summed E-state index contributed by atoms with van der Waals surface area (Å²) in [6, 6.07) is 0. The number of hydrogen-bond acceptors (Lipinski definition) is 4. The summed E-state index contributed by atoms with van der Waals surface area (Å²) < 4.78 is 0. The summed E-state index contributed by atoms with van der Waals surface area (Å²) in [5.41, 5.74) is 0. The van der Waals surface area contributed by atoms with E-state index < -0.39 is 0 Å². The summed E-state index contributed by atoms with van der Waals surface area (Å²) in [5, 5.41) is 0. The molecule has 16 heavy (non-hydrogen) atoms. The second kappa shape index (κ2) is 8.47. The molecule has 0 aromatic rings. The van der Waals surface area contributed by atoms with Crippen LogP contribution in [0.2, 0.25) is 0 Å². The molecular weight excluding hydrogens is 208 g/mol. The van der Waals surface area contributed by atoms with Gasteiger partial charge in [-0.05, 0) is 24.3 Å². The van der Waals surface area contributed by atoms with E-state index in [4.69, 9.17) is 0 Å². The zero-order valence-corrected chi connectivity index (χ0v) is 9.14. The highest BCUT2D eigenvalue weighted by Crippen LogP contribution is 1.96. The fourth-order valence-electron chi connectivity index (χ4n) is 0.863. The Balaban J connectivity index is 3.94. The van der Waals surface area contributed by atoms with Crippen molar-refractivity contribution in [2.75, 3.05) is 0 Å². The molecule has 0 radical (unpaired) electrons. The summed E-state index contributed by atoms with van der Waals surface area (Å²) in [7, 11) is 0. The van der Waals surface area contributed by atoms with Gasteiger partial charge < -0.3 is 0 Å². The Morgan fingerprint density at radius 1 is 0.875 bits per heavy atom. The third-order valence-electron chi connectivity index (χ3n) is 1.78. The molecule has 0 amide bonds. The van der Waals surface area contributed by atoms with Gasteiger partial charge in [-0.2, -0.15) is 0 Å². The zero-order chi connectivity index (χ0) is 12.4. The normalized spacial score (nSPS) is 10.8. The lowest BCUT2D eigenvalue weighted by molar-refractivity contribution is -0.119. The number of aldehydes is 1. The molecule has 0 heterocycles. The highest BCUT2D eigenvalue weighted by Gasteiger charge is 2.02. The molecule has 0 aliphatic heterocycles. The number of carbonyl (C=O) groups excluding carboxylic acids is 4. The largest absolute Gasteiger partial charge is 0.299 e. The summed E-state index contributed by atoms with van der Waals surface area (Å²) in [6.07, 6.45) is 5.56. The Morgan fingerprint density at radius 2 is 1.38 bits per heavy atom. The van der Waals surface area contributed by atoms with Crippen molar-refractivity contribution in [1.29, 1.82) is 0 Å². The average molecular weight is 222 g/mol. The Labute approximate surface area is 94.0 Å². The summed E-state index contributed by atoms with van der Waals surface area (Å²) >= 11 is 0. The van der Waals surface area contributed by atoms with Crippen LogP contribution in [-0.2, 0) is 19.2 Å². The van der Waals surface area contributed by atoms with Crippen LogP contribution in [-0.4, -0.2) is 23.6 Å². The number of rotatable bonds is 8. The molecule has 86 valence electrons. The van der Waals surface area contributed by atoms with Crippen molar-refractivity contribution in [3.63, 3.8) is 0 Å². The van der Waals surface area contributed by atoms with E-state index >= 15 is 0 Å². The molecular formula is C12H14O4. The number of hydrogen-bond donors (Lipinski definition) is 0. The first-order valence-corrected chi connectivity index (χ1v) is 4.98. The maximum atomic E-state index is 11.2. The van der Waals surface area contributed by atoms with Crippen LogP contribution in [0.1, 0.15) is 26.2 Å². The van der Waals surface area contributed by atoms with Gasteiger partial charge in [-0.3, -0.25) is 19.2 Å². The van der Waals surface area contributed by atoms with Crippen molar-refractivity contribution in [3.05, 3.63) is 24.3 Å². The Morgan fingerprint density at radius 3 is 1.88 bits per heavy atom. The van der Waals surface area contributed by atoms with Gasteiger partial charge >= 0.3 is 0 Å². The topological polar surface area (TPSA) is 68.3 Å². The fourth-order valence-corrected chi connectivity index (χ4v) is 0.863. The molecule has 0 aromatic heterocycles. The smallest absolute Gasteiger partial charge is 0.156 e. The second-order valence-electron chi connectivity index (χ2n) is 3.08. The Bertz CT molecular complexity index is 337. The number of ketones is 3. The predicted molar refractivity (Wildman–Crippen MR) is 58.9 cm³/mol. The van der Waals surface area contributed by atoms with Crippen LogP contribution < -0.4 is 0 Å². The van der Waals surface area contributed by atoms with Gasteiger partial charge in [0.25, 0.3) is 0 Å². The quantitative estimate of drug-likeness (QED) is 0.457. The first kappa shape index (κ1) is 14.2.